The number of hydrogen-bond acceptors (Lipinski definition) is 4. The summed E-state index contributed by atoms with van der Waals surface area (Å²) in [5, 5.41) is 21.7. The topological polar surface area (TPSA) is 119 Å². The smallest absolute Gasteiger partial charge is 0.328 e. The Morgan fingerprint density at radius 2 is 1.52 bits per heavy atom. The van der Waals surface area contributed by atoms with Gasteiger partial charge in [0.1, 0.15) is 0 Å². The molecule has 4 N–H and O–H groups in total. The lowest BCUT2D eigenvalue weighted by Crippen LogP contribution is -2.51. The fourth-order valence-corrected chi connectivity index (χ4v) is 4.31. The Balaban J connectivity index is 0.000000331. The highest BCUT2D eigenvalue weighted by atomic mass is 16.4. The number of carboxylic acid groups (broad SMARTS) is 2. The highest BCUT2D eigenvalue weighted by molar-refractivity contribution is 5.94. The van der Waals surface area contributed by atoms with Crippen molar-refractivity contribution in [1.29, 1.82) is 0 Å². The van der Waals surface area contributed by atoms with Gasteiger partial charge < -0.3 is 25.7 Å². The Morgan fingerprint density at radius 1 is 0.909 bits per heavy atom. The van der Waals surface area contributed by atoms with E-state index >= 15 is 0 Å². The zero-order valence-electron chi connectivity index (χ0n) is 18.3. The second-order valence-electron chi connectivity index (χ2n) is 8.15. The minimum absolute atomic E-state index is 0.111. The van der Waals surface area contributed by atoms with Gasteiger partial charge in [0.2, 0.25) is 0 Å². The maximum atomic E-state index is 12.4. The minimum Gasteiger partial charge on any atom is -0.478 e. The number of nitrogens with one attached hydrogen (secondary N) is 2. The zero-order chi connectivity index (χ0) is 23.6. The zero-order valence-corrected chi connectivity index (χ0v) is 18.3. The van der Waals surface area contributed by atoms with Gasteiger partial charge in [-0.05, 0) is 49.4 Å². The first kappa shape index (κ1) is 24.0. The summed E-state index contributed by atoms with van der Waals surface area (Å²) in [6.07, 6.45) is 3.68. The number of anilines is 1. The maximum absolute atomic E-state index is 12.4. The number of hydrogen-bond donors (Lipinski definition) is 4. The molecular formula is C25H29N3O5. The molecule has 0 saturated carbocycles. The number of urea groups is 1. The van der Waals surface area contributed by atoms with Gasteiger partial charge in [0.05, 0.1) is 5.69 Å². The van der Waals surface area contributed by atoms with Crippen LogP contribution in [0.3, 0.4) is 0 Å². The lowest BCUT2D eigenvalue weighted by molar-refractivity contribution is -0.134. The van der Waals surface area contributed by atoms with Crippen molar-refractivity contribution in [3.8, 4) is 11.1 Å². The standard InChI is InChI=1S/C21H25N3O.C4H4O4/c25-21(22-14-18-15-24-12-10-16(18)11-13-24)23-20-9-5-4-8-19(20)17-6-2-1-3-7-17;5-3(6)1-2-4(7)8/h1-9,16,18H,10-15H2,(H2,22,23,25);1-2H,(H,5,6)(H,7,8)/b;2-1+. The van der Waals surface area contributed by atoms with Crippen LogP contribution in [0.1, 0.15) is 12.8 Å². The van der Waals surface area contributed by atoms with E-state index in [1.807, 2.05) is 42.5 Å². The fraction of sp³-hybridized carbons (Fsp3) is 0.320. The van der Waals surface area contributed by atoms with Gasteiger partial charge in [0.15, 0.2) is 0 Å². The normalized spacial score (nSPS) is 21.0. The fourth-order valence-electron chi connectivity index (χ4n) is 4.31. The molecule has 0 radical (unpaired) electrons. The van der Waals surface area contributed by atoms with Gasteiger partial charge >= 0.3 is 18.0 Å². The summed E-state index contributed by atoms with van der Waals surface area (Å²) < 4.78 is 0. The lowest BCUT2D eigenvalue weighted by Gasteiger charge is -2.44. The molecule has 0 aromatic heterocycles. The number of benzene rings is 2. The van der Waals surface area contributed by atoms with Gasteiger partial charge in [-0.25, -0.2) is 14.4 Å². The van der Waals surface area contributed by atoms with Gasteiger partial charge in [-0.2, -0.15) is 0 Å². The van der Waals surface area contributed by atoms with Crippen LogP contribution in [0.25, 0.3) is 11.1 Å². The third-order valence-corrected chi connectivity index (χ3v) is 5.94. The first-order valence-corrected chi connectivity index (χ1v) is 11.0. The number of carbonyl (C=O) groups is 3. The summed E-state index contributed by atoms with van der Waals surface area (Å²) in [4.78, 5) is 34.0. The third kappa shape index (κ3) is 7.47. The van der Waals surface area contributed by atoms with Crippen molar-refractivity contribution in [3.63, 3.8) is 0 Å². The Bertz CT molecular complexity index is 969. The van der Waals surface area contributed by atoms with E-state index in [1.54, 1.807) is 0 Å². The molecule has 1 unspecified atom stereocenters. The van der Waals surface area contributed by atoms with E-state index in [1.165, 1.54) is 25.9 Å². The van der Waals surface area contributed by atoms with Crippen LogP contribution in [0, 0.1) is 11.8 Å². The van der Waals surface area contributed by atoms with Crippen LogP contribution >= 0.6 is 0 Å². The minimum atomic E-state index is -1.26. The summed E-state index contributed by atoms with van der Waals surface area (Å²) in [6, 6.07) is 18.0. The van der Waals surface area contributed by atoms with E-state index < -0.39 is 11.9 Å². The average Bonchev–Trinajstić information content (AvgIpc) is 2.83. The van der Waals surface area contributed by atoms with Crippen LogP contribution in [-0.4, -0.2) is 59.3 Å². The molecule has 0 aliphatic carbocycles. The predicted octanol–water partition coefficient (Wildman–Crippen LogP) is 3.53. The molecule has 2 aromatic rings. The molecule has 2 bridgehead atoms. The molecular weight excluding hydrogens is 422 g/mol. The van der Waals surface area contributed by atoms with Crippen molar-refractivity contribution < 1.29 is 24.6 Å². The second-order valence-corrected chi connectivity index (χ2v) is 8.15. The molecule has 3 heterocycles. The predicted molar refractivity (Wildman–Crippen MR) is 126 cm³/mol. The van der Waals surface area contributed by atoms with Gasteiger partial charge in [0, 0.05) is 30.8 Å². The number of piperidine rings is 3. The highest BCUT2D eigenvalue weighted by Gasteiger charge is 2.33. The first-order valence-electron chi connectivity index (χ1n) is 11.0. The van der Waals surface area contributed by atoms with E-state index in [0.717, 1.165) is 35.8 Å². The Hall–Kier alpha value is -3.65. The molecule has 33 heavy (non-hydrogen) atoms. The van der Waals surface area contributed by atoms with Crippen LogP contribution < -0.4 is 10.6 Å². The summed E-state index contributed by atoms with van der Waals surface area (Å²) >= 11 is 0. The number of fused-ring (bicyclic) bond motifs is 3. The summed E-state index contributed by atoms with van der Waals surface area (Å²) in [7, 11) is 0. The van der Waals surface area contributed by atoms with E-state index in [-0.39, 0.29) is 6.03 Å². The molecule has 8 heteroatoms. The van der Waals surface area contributed by atoms with Crippen molar-refractivity contribution in [3.05, 3.63) is 66.7 Å². The summed E-state index contributed by atoms with van der Waals surface area (Å²) in [6.45, 7) is 4.36. The molecule has 0 spiro atoms. The number of rotatable bonds is 6. The SMILES string of the molecule is O=C(NCC1CN2CCC1CC2)Nc1ccccc1-c1ccccc1.O=C(O)/C=C/C(=O)O. The maximum Gasteiger partial charge on any atom is 0.328 e. The molecule has 5 rings (SSSR count). The van der Waals surface area contributed by atoms with Crippen molar-refractivity contribution in [1.82, 2.24) is 10.2 Å². The lowest BCUT2D eigenvalue weighted by atomic mass is 9.79. The van der Waals surface area contributed by atoms with E-state index in [2.05, 4.69) is 27.7 Å². The van der Waals surface area contributed by atoms with Crippen LogP contribution in [0.2, 0.25) is 0 Å². The third-order valence-electron chi connectivity index (χ3n) is 5.94. The van der Waals surface area contributed by atoms with Crippen molar-refractivity contribution in [2.45, 2.75) is 12.8 Å². The molecule has 3 aliphatic heterocycles. The number of aliphatic carboxylic acids is 2. The van der Waals surface area contributed by atoms with Crippen LogP contribution in [-0.2, 0) is 9.59 Å². The number of nitrogens with zero attached hydrogens (tertiary/aromatic N) is 1. The number of para-hydroxylation sites is 1. The second kappa shape index (κ2) is 11.8. The number of amides is 2. The highest BCUT2D eigenvalue weighted by Crippen LogP contribution is 2.32. The molecule has 3 fully saturated rings. The monoisotopic (exact) mass is 451 g/mol. The van der Waals surface area contributed by atoms with Gasteiger partial charge in [0.25, 0.3) is 0 Å². The van der Waals surface area contributed by atoms with Crippen LogP contribution in [0.4, 0.5) is 10.5 Å². The number of carbonyl (C=O) groups excluding carboxylic acids is 1. The van der Waals surface area contributed by atoms with E-state index in [4.69, 9.17) is 10.2 Å². The molecule has 3 aliphatic rings. The van der Waals surface area contributed by atoms with Gasteiger partial charge in [-0.3, -0.25) is 0 Å². The van der Waals surface area contributed by atoms with Crippen LogP contribution in [0.15, 0.2) is 66.7 Å². The Labute approximate surface area is 192 Å². The first-order chi connectivity index (χ1) is 15.9. The molecule has 8 nitrogen and oxygen atoms in total. The quantitative estimate of drug-likeness (QED) is 0.499. The molecule has 2 amide bonds. The average molecular weight is 452 g/mol. The largest absolute Gasteiger partial charge is 0.478 e. The molecule has 3 saturated heterocycles. The van der Waals surface area contributed by atoms with E-state index in [9.17, 15) is 14.4 Å². The Morgan fingerprint density at radius 3 is 2.09 bits per heavy atom. The number of carboxylic acids is 2. The molecule has 1 atom stereocenters. The van der Waals surface area contributed by atoms with Crippen molar-refractivity contribution in [2.75, 3.05) is 31.5 Å². The van der Waals surface area contributed by atoms with Gasteiger partial charge in [-0.1, -0.05) is 48.5 Å². The van der Waals surface area contributed by atoms with E-state index in [0.29, 0.717) is 18.1 Å². The summed E-state index contributed by atoms with van der Waals surface area (Å²) in [5.41, 5.74) is 3.00. The van der Waals surface area contributed by atoms with Gasteiger partial charge in [-0.15, -0.1) is 0 Å². The summed E-state index contributed by atoms with van der Waals surface area (Å²) in [5.74, 6) is -1.14. The van der Waals surface area contributed by atoms with Crippen molar-refractivity contribution in [2.24, 2.45) is 11.8 Å². The van der Waals surface area contributed by atoms with Crippen LogP contribution in [0.5, 0.6) is 0 Å². The molecule has 2 aromatic carbocycles. The Kier molecular flexibility index (Phi) is 8.60. The molecule has 174 valence electrons. The van der Waals surface area contributed by atoms with Crippen molar-refractivity contribution >= 4 is 23.7 Å².